The summed E-state index contributed by atoms with van der Waals surface area (Å²) in [5.41, 5.74) is 15.7. The van der Waals surface area contributed by atoms with Crippen LogP contribution in [-0.2, 0) is 37.3 Å². The molecule has 0 amide bonds. The van der Waals surface area contributed by atoms with Crippen LogP contribution >= 0.6 is 0 Å². The molecule has 1 N–H and O–H groups in total. The van der Waals surface area contributed by atoms with E-state index in [1.165, 1.54) is 5.56 Å². The molecule has 0 spiro atoms. The Bertz CT molecular complexity index is 2990. The molecule has 6 aromatic carbocycles. The van der Waals surface area contributed by atoms with Crippen LogP contribution in [0.3, 0.4) is 0 Å². The molecular weight excluding hydrogens is 950 g/mol. The van der Waals surface area contributed by atoms with Crippen LogP contribution in [0.15, 0.2) is 134 Å². The van der Waals surface area contributed by atoms with Crippen LogP contribution in [0.5, 0.6) is 5.75 Å². The molecule has 2 heterocycles. The first-order chi connectivity index (χ1) is 29.6. The van der Waals surface area contributed by atoms with Crippen molar-refractivity contribution in [1.82, 2.24) is 14.5 Å². The second-order valence-corrected chi connectivity index (χ2v) is 20.2. The van der Waals surface area contributed by atoms with Crippen molar-refractivity contribution in [3.63, 3.8) is 0 Å². The maximum Gasteiger partial charge on any atom is 0.148 e. The fourth-order valence-electron chi connectivity index (χ4n) is 8.31. The summed E-state index contributed by atoms with van der Waals surface area (Å²) in [7, 11) is 0. The van der Waals surface area contributed by atoms with E-state index in [1.807, 2.05) is 38.2 Å². The molecule has 0 saturated carbocycles. The fourth-order valence-corrected chi connectivity index (χ4v) is 8.31. The average molecular weight is 1010 g/mol. The number of phenolic OH excluding ortho intramolecular Hbond substituents is 1. The summed E-state index contributed by atoms with van der Waals surface area (Å²) in [5.74, 6) is -0.0637. The molecule has 324 valence electrons. The van der Waals surface area contributed by atoms with Crippen molar-refractivity contribution >= 4 is 11.0 Å². The van der Waals surface area contributed by atoms with Gasteiger partial charge in [0.2, 0.25) is 0 Å². The van der Waals surface area contributed by atoms with Gasteiger partial charge >= 0.3 is 0 Å². The minimum atomic E-state index is -0.917. The minimum Gasteiger partial charge on any atom is -0.507 e. The zero-order valence-corrected chi connectivity index (χ0v) is 41.1. The maximum absolute atomic E-state index is 12.4. The molecule has 0 aliphatic carbocycles. The van der Waals surface area contributed by atoms with Crippen molar-refractivity contribution in [1.29, 1.82) is 0 Å². The molecule has 0 bridgehead atoms. The van der Waals surface area contributed by atoms with Gasteiger partial charge in [0.25, 0.3) is 0 Å². The smallest absolute Gasteiger partial charge is 0.148 e. The van der Waals surface area contributed by atoms with E-state index in [0.29, 0.717) is 11.4 Å². The Morgan fingerprint density at radius 1 is 0.619 bits per heavy atom. The molecule has 0 fully saturated rings. The summed E-state index contributed by atoms with van der Waals surface area (Å²) in [6, 6.07) is 48.4. The SMILES string of the molecule is [2H]C(C)(C)c1cc(-n2c(-c3cc(C(C)(C)C)cc(C(C)(C)C)c3O)nc3c(-c4[c-]c(-c5cc(-c6ccc(C)cc6)ccn5)cc(C(C)(C)C)c4)cccc32)ccc1-c1ccccc1.[Pt]. The second kappa shape index (κ2) is 17.2. The number of pyridine rings is 1. The molecule has 8 rings (SSSR count). The molecule has 0 saturated heterocycles. The Balaban J connectivity index is 0.00000612. The number of para-hydroxylation sites is 1. The Kier molecular flexibility index (Phi) is 12.0. The van der Waals surface area contributed by atoms with Crippen LogP contribution in [0.25, 0.3) is 72.7 Å². The molecule has 4 nitrogen and oxygen atoms in total. The fraction of sp³-hybridized carbons (Fsp3) is 0.276. The number of aryl methyl sites for hydroxylation is 1. The van der Waals surface area contributed by atoms with Gasteiger partial charge in [0.05, 0.1) is 16.6 Å². The summed E-state index contributed by atoms with van der Waals surface area (Å²) in [6.45, 7) is 25.8. The zero-order chi connectivity index (χ0) is 45.2. The zero-order valence-electron chi connectivity index (χ0n) is 39.8. The van der Waals surface area contributed by atoms with Crippen LogP contribution in [0.1, 0.15) is 111 Å². The number of imidazole rings is 1. The molecule has 0 unspecified atom stereocenters. The normalized spacial score (nSPS) is 12.6. The molecule has 8 aromatic rings. The van der Waals surface area contributed by atoms with Crippen LogP contribution < -0.4 is 0 Å². The van der Waals surface area contributed by atoms with E-state index in [0.717, 1.165) is 83.6 Å². The quantitative estimate of drug-likeness (QED) is 0.162. The molecule has 0 aliphatic rings. The van der Waals surface area contributed by atoms with E-state index in [2.05, 4.69) is 189 Å². The molecule has 0 radical (unpaired) electrons. The number of aromatic hydroxyl groups is 1. The molecule has 0 atom stereocenters. The van der Waals surface area contributed by atoms with Crippen LogP contribution in [0, 0.1) is 13.0 Å². The van der Waals surface area contributed by atoms with Gasteiger partial charge in [0.15, 0.2) is 0 Å². The number of nitrogens with zero attached hydrogens (tertiary/aromatic N) is 3. The van der Waals surface area contributed by atoms with Crippen LogP contribution in [-0.4, -0.2) is 19.6 Å². The van der Waals surface area contributed by atoms with Crippen molar-refractivity contribution < 1.29 is 27.5 Å². The number of fused-ring (bicyclic) bond motifs is 1. The van der Waals surface area contributed by atoms with Crippen LogP contribution in [0.2, 0.25) is 0 Å². The van der Waals surface area contributed by atoms with Crippen molar-refractivity contribution in [2.24, 2.45) is 0 Å². The van der Waals surface area contributed by atoms with Crippen LogP contribution in [0.4, 0.5) is 0 Å². The third-order valence-electron chi connectivity index (χ3n) is 12.0. The van der Waals surface area contributed by atoms with Gasteiger partial charge in [-0.3, -0.25) is 9.55 Å². The van der Waals surface area contributed by atoms with Gasteiger partial charge in [-0.15, -0.1) is 29.3 Å². The summed E-state index contributed by atoms with van der Waals surface area (Å²) in [6.07, 6.45) is 1.88. The number of phenols is 1. The van der Waals surface area contributed by atoms with Gasteiger partial charge in [-0.1, -0.05) is 178 Å². The summed E-state index contributed by atoms with van der Waals surface area (Å²) < 4.78 is 11.6. The molecule has 63 heavy (non-hydrogen) atoms. The van der Waals surface area contributed by atoms with E-state index in [1.54, 1.807) is 0 Å². The molecular formula is C58H60N3OPt-. The largest absolute Gasteiger partial charge is 0.507 e. The predicted molar refractivity (Wildman–Crippen MR) is 261 cm³/mol. The summed E-state index contributed by atoms with van der Waals surface area (Å²) in [5, 5.41) is 12.4. The number of hydrogen-bond donors (Lipinski definition) is 1. The third-order valence-corrected chi connectivity index (χ3v) is 12.0. The van der Waals surface area contributed by atoms with Gasteiger partial charge in [-0.05, 0) is 92.8 Å². The Labute approximate surface area is 391 Å². The Hall–Kier alpha value is -5.57. The van der Waals surface area contributed by atoms with Gasteiger partial charge in [0, 0.05) is 45.6 Å². The van der Waals surface area contributed by atoms with E-state index in [-0.39, 0.29) is 43.1 Å². The van der Waals surface area contributed by atoms with Gasteiger partial charge in [0.1, 0.15) is 11.6 Å². The molecule has 5 heteroatoms. The van der Waals surface area contributed by atoms with Gasteiger partial charge in [-0.25, -0.2) is 4.98 Å². The first-order valence-electron chi connectivity index (χ1n) is 22.3. The Morgan fingerprint density at radius 3 is 1.94 bits per heavy atom. The number of benzene rings is 6. The topological polar surface area (TPSA) is 50.9 Å². The van der Waals surface area contributed by atoms with Crippen molar-refractivity contribution in [3.05, 3.63) is 167 Å². The predicted octanol–water partition coefficient (Wildman–Crippen LogP) is 15.6. The maximum atomic E-state index is 12.4. The average Bonchev–Trinajstić information content (AvgIpc) is 3.62. The van der Waals surface area contributed by atoms with Gasteiger partial charge < -0.3 is 5.11 Å². The van der Waals surface area contributed by atoms with E-state index < -0.39 is 5.89 Å². The first-order valence-corrected chi connectivity index (χ1v) is 21.8. The summed E-state index contributed by atoms with van der Waals surface area (Å²) >= 11 is 0. The monoisotopic (exact) mass is 1010 g/mol. The first kappa shape index (κ1) is 44.1. The standard InChI is InChI=1S/C58H60N3O.Pt/c1-36(2)48-35-45(25-26-46(48)39-17-14-13-15-18-39)61-52-20-16-19-47(53(52)60-55(61)49-33-44(57(7,8)9)34-50(54(49)62)58(10,11)12)41-29-42(31-43(30-41)56(4,5)6)51-32-40(27-28-59-51)38-23-21-37(3)22-24-38;/h13-28,30-36,62H,1-12H3;/q-1;/i36D;. The second-order valence-electron chi connectivity index (χ2n) is 20.2. The Morgan fingerprint density at radius 2 is 1.29 bits per heavy atom. The van der Waals surface area contributed by atoms with Crippen molar-refractivity contribution in [2.75, 3.05) is 0 Å². The number of hydrogen-bond acceptors (Lipinski definition) is 3. The van der Waals surface area contributed by atoms with E-state index >= 15 is 0 Å². The van der Waals surface area contributed by atoms with Crippen molar-refractivity contribution in [2.45, 2.75) is 105 Å². The van der Waals surface area contributed by atoms with Gasteiger partial charge in [-0.2, -0.15) is 0 Å². The molecule has 0 aliphatic heterocycles. The third kappa shape index (κ3) is 9.11. The number of aromatic nitrogens is 3. The van der Waals surface area contributed by atoms with E-state index in [9.17, 15) is 6.48 Å². The van der Waals surface area contributed by atoms with E-state index in [4.69, 9.17) is 9.97 Å². The summed E-state index contributed by atoms with van der Waals surface area (Å²) in [4.78, 5) is 10.5. The number of rotatable bonds is 7. The molecule has 2 aromatic heterocycles. The van der Waals surface area contributed by atoms with Crippen molar-refractivity contribution in [3.8, 4) is 67.5 Å². The minimum absolute atomic E-state index is 0.